The zero-order chi connectivity index (χ0) is 25.0. The molecule has 2 heterocycles. The van der Waals surface area contributed by atoms with Gasteiger partial charge in [0.2, 0.25) is 0 Å². The van der Waals surface area contributed by atoms with Gasteiger partial charge >= 0.3 is 0 Å². The van der Waals surface area contributed by atoms with Crippen molar-refractivity contribution in [3.8, 4) is 5.75 Å². The number of phenolic OH excluding ortho intramolecular Hbond substituents is 1. The maximum Gasteiger partial charge on any atom is 0.138 e. The van der Waals surface area contributed by atoms with Gasteiger partial charge in [0.15, 0.2) is 0 Å². The minimum atomic E-state index is 0.266. The first kappa shape index (κ1) is 23.3. The highest BCUT2D eigenvalue weighted by molar-refractivity contribution is 5.75. The van der Waals surface area contributed by atoms with E-state index in [-0.39, 0.29) is 5.75 Å². The van der Waals surface area contributed by atoms with E-state index in [1.54, 1.807) is 6.07 Å². The maximum atomic E-state index is 10.0. The number of para-hydroxylation sites is 4. The first-order valence-electron chi connectivity index (χ1n) is 12.9. The normalized spacial score (nSPS) is 18.7. The zero-order valence-corrected chi connectivity index (χ0v) is 20.7. The first-order valence-corrected chi connectivity index (χ1v) is 12.9. The summed E-state index contributed by atoms with van der Waals surface area (Å²) < 4.78 is 0. The van der Waals surface area contributed by atoms with E-state index < -0.39 is 0 Å². The summed E-state index contributed by atoms with van der Waals surface area (Å²) in [6.07, 6.45) is 10.7. The maximum absolute atomic E-state index is 10.0. The summed E-state index contributed by atoms with van der Waals surface area (Å²) in [6, 6.07) is 24.9. The standard InChI is InChI=1S/C31H31N5O/c37-30-10-4-3-9-29(30)33-19-22-11-13-23(14-12-22)20-36(21-31-34-27-7-1-2-8-28(27)35-31)25-15-16-26-24(18-25)6-5-17-32-26/h1-14,17-18,25-26,33,37H,15-16,19-21H2,(H,34,35). The molecule has 0 radical (unpaired) electrons. The third-order valence-electron chi connectivity index (χ3n) is 7.20. The van der Waals surface area contributed by atoms with Crippen molar-refractivity contribution in [2.24, 2.45) is 4.99 Å². The van der Waals surface area contributed by atoms with Gasteiger partial charge in [0.25, 0.3) is 0 Å². The molecule has 6 nitrogen and oxygen atoms in total. The van der Waals surface area contributed by atoms with Crippen molar-refractivity contribution >= 4 is 22.9 Å². The van der Waals surface area contributed by atoms with E-state index in [0.717, 1.165) is 48.5 Å². The van der Waals surface area contributed by atoms with Crippen molar-refractivity contribution in [3.63, 3.8) is 0 Å². The molecule has 3 N–H and O–H groups in total. The second-order valence-electron chi connectivity index (χ2n) is 9.78. The Labute approximate surface area is 217 Å². The number of anilines is 1. The highest BCUT2D eigenvalue weighted by Gasteiger charge is 2.26. The second-order valence-corrected chi connectivity index (χ2v) is 9.78. The molecule has 6 rings (SSSR count). The molecule has 0 amide bonds. The number of rotatable bonds is 8. The molecule has 0 saturated carbocycles. The largest absolute Gasteiger partial charge is 0.506 e. The lowest BCUT2D eigenvalue weighted by molar-refractivity contribution is 0.188. The van der Waals surface area contributed by atoms with Gasteiger partial charge in [0, 0.05) is 25.3 Å². The van der Waals surface area contributed by atoms with Gasteiger partial charge < -0.3 is 15.4 Å². The molecule has 2 aliphatic rings. The van der Waals surface area contributed by atoms with Gasteiger partial charge in [-0.1, -0.05) is 60.7 Å². The molecule has 6 heteroatoms. The van der Waals surface area contributed by atoms with E-state index in [0.29, 0.717) is 18.6 Å². The lowest BCUT2D eigenvalue weighted by atomic mass is 9.89. The number of nitrogens with zero attached hydrogens (tertiary/aromatic N) is 3. The average molecular weight is 490 g/mol. The third kappa shape index (κ3) is 5.34. The molecule has 0 spiro atoms. The predicted molar refractivity (Wildman–Crippen MR) is 150 cm³/mol. The third-order valence-corrected chi connectivity index (χ3v) is 7.20. The van der Waals surface area contributed by atoms with Crippen LogP contribution in [0, 0.1) is 0 Å². The Morgan fingerprint density at radius 3 is 2.59 bits per heavy atom. The molecule has 4 aromatic rings. The summed E-state index contributed by atoms with van der Waals surface area (Å²) >= 11 is 0. The van der Waals surface area contributed by atoms with Crippen LogP contribution in [0.4, 0.5) is 5.69 Å². The number of hydrogen-bond acceptors (Lipinski definition) is 5. The van der Waals surface area contributed by atoms with Crippen LogP contribution in [0.2, 0.25) is 0 Å². The predicted octanol–water partition coefficient (Wildman–Crippen LogP) is 5.98. The Morgan fingerprint density at radius 2 is 1.73 bits per heavy atom. The van der Waals surface area contributed by atoms with E-state index in [2.05, 4.69) is 68.7 Å². The number of fused-ring (bicyclic) bond motifs is 2. The Hall–Kier alpha value is -4.16. The summed E-state index contributed by atoms with van der Waals surface area (Å²) in [4.78, 5) is 15.5. The highest BCUT2D eigenvalue weighted by atomic mass is 16.3. The van der Waals surface area contributed by atoms with E-state index in [9.17, 15) is 5.11 Å². The fraction of sp³-hybridized carbons (Fsp3) is 0.226. The number of aromatic hydroxyl groups is 1. The van der Waals surface area contributed by atoms with Crippen molar-refractivity contribution in [2.45, 2.75) is 44.6 Å². The van der Waals surface area contributed by atoms with Gasteiger partial charge in [-0.25, -0.2) is 4.98 Å². The molecule has 3 aromatic carbocycles. The van der Waals surface area contributed by atoms with Crippen LogP contribution < -0.4 is 5.32 Å². The van der Waals surface area contributed by atoms with Crippen molar-refractivity contribution in [3.05, 3.63) is 114 Å². The van der Waals surface area contributed by atoms with Crippen molar-refractivity contribution in [2.75, 3.05) is 5.32 Å². The van der Waals surface area contributed by atoms with Gasteiger partial charge in [0.05, 0.1) is 29.3 Å². The van der Waals surface area contributed by atoms with Gasteiger partial charge in [0.1, 0.15) is 11.6 Å². The van der Waals surface area contributed by atoms with Gasteiger partial charge in [-0.2, -0.15) is 0 Å². The summed E-state index contributed by atoms with van der Waals surface area (Å²) in [5.41, 5.74) is 6.58. The molecule has 1 aromatic heterocycles. The number of aliphatic imine (C=N–C) groups is 1. The van der Waals surface area contributed by atoms with Gasteiger partial charge in [-0.05, 0) is 59.9 Å². The van der Waals surface area contributed by atoms with Gasteiger partial charge in [-0.15, -0.1) is 0 Å². The molecular formula is C31H31N5O. The average Bonchev–Trinajstić information content (AvgIpc) is 3.35. The zero-order valence-electron chi connectivity index (χ0n) is 20.7. The molecule has 0 saturated heterocycles. The molecule has 1 aliphatic carbocycles. The second kappa shape index (κ2) is 10.4. The number of hydrogen-bond donors (Lipinski definition) is 3. The lowest BCUT2D eigenvalue weighted by Gasteiger charge is -2.34. The van der Waals surface area contributed by atoms with E-state index >= 15 is 0 Å². The van der Waals surface area contributed by atoms with Crippen LogP contribution in [0.3, 0.4) is 0 Å². The van der Waals surface area contributed by atoms with Crippen LogP contribution in [-0.2, 0) is 19.6 Å². The van der Waals surface area contributed by atoms with E-state index in [1.807, 2.05) is 42.6 Å². The summed E-state index contributed by atoms with van der Waals surface area (Å²) in [5.74, 6) is 1.25. The molecule has 186 valence electrons. The smallest absolute Gasteiger partial charge is 0.138 e. The fourth-order valence-electron chi connectivity index (χ4n) is 5.22. The molecule has 0 fully saturated rings. The number of benzene rings is 3. The first-order chi connectivity index (χ1) is 18.2. The Kier molecular flexibility index (Phi) is 6.57. The SMILES string of the molecule is Oc1ccccc1NCc1ccc(CN(Cc2nc3ccccc3[nH]2)C2C=C3C=CC=NC3CC2)cc1. The number of allylic oxidation sites excluding steroid dienone is 1. The number of nitrogens with one attached hydrogen (secondary N) is 2. The Balaban J connectivity index is 1.20. The summed E-state index contributed by atoms with van der Waals surface area (Å²) in [6.45, 7) is 2.23. The quantitative estimate of drug-likeness (QED) is 0.266. The molecule has 2 unspecified atom stereocenters. The van der Waals surface area contributed by atoms with Crippen molar-refractivity contribution in [1.82, 2.24) is 14.9 Å². The number of aromatic amines is 1. The number of H-pyrrole nitrogens is 1. The number of dihydropyridines is 1. The lowest BCUT2D eigenvalue weighted by Crippen LogP contribution is -2.37. The van der Waals surface area contributed by atoms with Crippen LogP contribution in [0.15, 0.2) is 102 Å². The number of phenols is 1. The fourth-order valence-corrected chi connectivity index (χ4v) is 5.22. The van der Waals surface area contributed by atoms with E-state index in [1.165, 1.54) is 16.7 Å². The number of aromatic nitrogens is 2. The van der Waals surface area contributed by atoms with E-state index in [4.69, 9.17) is 4.98 Å². The van der Waals surface area contributed by atoms with Crippen molar-refractivity contribution < 1.29 is 5.11 Å². The topological polar surface area (TPSA) is 76.5 Å². The molecule has 0 bridgehead atoms. The van der Waals surface area contributed by atoms with Crippen molar-refractivity contribution in [1.29, 1.82) is 0 Å². The summed E-state index contributed by atoms with van der Waals surface area (Å²) in [7, 11) is 0. The Morgan fingerprint density at radius 1 is 0.919 bits per heavy atom. The van der Waals surface area contributed by atoms with Crippen LogP contribution in [0.25, 0.3) is 11.0 Å². The molecule has 37 heavy (non-hydrogen) atoms. The monoisotopic (exact) mass is 489 g/mol. The number of imidazole rings is 1. The molecular weight excluding hydrogens is 458 g/mol. The minimum absolute atomic E-state index is 0.266. The Bertz CT molecular complexity index is 1430. The van der Waals surface area contributed by atoms with Crippen LogP contribution in [0.5, 0.6) is 5.75 Å². The highest BCUT2D eigenvalue weighted by Crippen LogP contribution is 2.29. The van der Waals surface area contributed by atoms with Gasteiger partial charge in [-0.3, -0.25) is 9.89 Å². The van der Waals surface area contributed by atoms with Crippen LogP contribution >= 0.6 is 0 Å². The summed E-state index contributed by atoms with van der Waals surface area (Å²) in [5, 5.41) is 13.3. The van der Waals surface area contributed by atoms with Crippen LogP contribution in [0.1, 0.15) is 29.8 Å². The van der Waals surface area contributed by atoms with Crippen LogP contribution in [-0.4, -0.2) is 38.3 Å². The minimum Gasteiger partial charge on any atom is -0.506 e. The molecule has 2 atom stereocenters. The molecule has 1 aliphatic heterocycles.